The average molecular weight is 307 g/mol. The molecule has 2 rings (SSSR count). The van der Waals surface area contributed by atoms with Crippen LogP contribution >= 0.6 is 0 Å². The van der Waals surface area contributed by atoms with Crippen molar-refractivity contribution in [1.29, 1.82) is 0 Å². The monoisotopic (exact) mass is 307 g/mol. The molecule has 1 aromatic rings. The molecule has 22 heavy (non-hydrogen) atoms. The van der Waals surface area contributed by atoms with Crippen LogP contribution in [-0.4, -0.2) is 24.7 Å². The van der Waals surface area contributed by atoms with Crippen molar-refractivity contribution in [2.24, 2.45) is 5.92 Å². The van der Waals surface area contributed by atoms with E-state index >= 15 is 0 Å². The summed E-state index contributed by atoms with van der Waals surface area (Å²) in [5, 5.41) is 3.16. The highest BCUT2D eigenvalue weighted by molar-refractivity contribution is 5.76. The predicted molar refractivity (Wildman–Crippen MR) is 86.6 cm³/mol. The maximum Gasteiger partial charge on any atom is 0.220 e. The summed E-state index contributed by atoms with van der Waals surface area (Å²) in [6, 6.07) is 3.93. The van der Waals surface area contributed by atoms with E-state index in [9.17, 15) is 4.79 Å². The summed E-state index contributed by atoms with van der Waals surface area (Å²) in [6.07, 6.45) is 8.49. The van der Waals surface area contributed by atoms with Gasteiger partial charge in [0.15, 0.2) is 0 Å². The fourth-order valence-electron chi connectivity index (χ4n) is 2.89. The molecule has 0 aromatic carbocycles. The van der Waals surface area contributed by atoms with Gasteiger partial charge in [-0.15, -0.1) is 0 Å². The molecule has 124 valence electrons. The second-order valence-corrected chi connectivity index (χ2v) is 6.63. The topological polar surface area (TPSA) is 51.5 Å². The number of ether oxygens (including phenoxy) is 1. The fraction of sp³-hybridized carbons (Fsp3) is 0.722. The van der Waals surface area contributed by atoms with Gasteiger partial charge in [0.25, 0.3) is 0 Å². The summed E-state index contributed by atoms with van der Waals surface area (Å²) in [4.78, 5) is 12.1. The SMILES string of the molecule is CC(C)CCO[C@@H]1CCCC[C@@H]1NC(=O)CCc1ccco1. The quantitative estimate of drug-likeness (QED) is 0.796. The van der Waals surface area contributed by atoms with E-state index in [-0.39, 0.29) is 18.1 Å². The maximum atomic E-state index is 12.1. The molecule has 4 heteroatoms. The van der Waals surface area contributed by atoms with Gasteiger partial charge in [-0.1, -0.05) is 26.7 Å². The first kappa shape index (κ1) is 17.1. The average Bonchev–Trinajstić information content (AvgIpc) is 3.00. The number of hydrogen-bond acceptors (Lipinski definition) is 3. The lowest BCUT2D eigenvalue weighted by Crippen LogP contribution is -2.46. The predicted octanol–water partition coefficient (Wildman–Crippen LogP) is 3.70. The molecule has 1 N–H and O–H groups in total. The van der Waals surface area contributed by atoms with Crippen molar-refractivity contribution in [3.05, 3.63) is 24.2 Å². The maximum absolute atomic E-state index is 12.1. The van der Waals surface area contributed by atoms with E-state index in [0.717, 1.165) is 31.6 Å². The highest BCUT2D eigenvalue weighted by Crippen LogP contribution is 2.22. The van der Waals surface area contributed by atoms with Gasteiger partial charge in [0, 0.05) is 19.4 Å². The summed E-state index contributed by atoms with van der Waals surface area (Å²) in [6.45, 7) is 5.21. The van der Waals surface area contributed by atoms with Crippen LogP contribution in [0.4, 0.5) is 0 Å². The van der Waals surface area contributed by atoms with Gasteiger partial charge in [-0.25, -0.2) is 0 Å². The minimum atomic E-state index is 0.0979. The largest absolute Gasteiger partial charge is 0.469 e. The van der Waals surface area contributed by atoms with E-state index in [4.69, 9.17) is 9.15 Å². The molecule has 1 saturated carbocycles. The minimum Gasteiger partial charge on any atom is -0.469 e. The van der Waals surface area contributed by atoms with Crippen molar-refractivity contribution >= 4 is 5.91 Å². The Kier molecular flexibility index (Phi) is 6.97. The van der Waals surface area contributed by atoms with Crippen LogP contribution in [0.25, 0.3) is 0 Å². The van der Waals surface area contributed by atoms with Gasteiger partial charge in [-0.2, -0.15) is 0 Å². The molecule has 0 saturated heterocycles. The summed E-state index contributed by atoms with van der Waals surface area (Å²) >= 11 is 0. The minimum absolute atomic E-state index is 0.0979. The lowest BCUT2D eigenvalue weighted by Gasteiger charge is -2.32. The Morgan fingerprint density at radius 1 is 1.41 bits per heavy atom. The molecule has 1 fully saturated rings. The van der Waals surface area contributed by atoms with Crippen LogP contribution < -0.4 is 5.32 Å². The normalized spacial score (nSPS) is 22.0. The third kappa shape index (κ3) is 5.84. The second-order valence-electron chi connectivity index (χ2n) is 6.63. The van der Waals surface area contributed by atoms with Gasteiger partial charge in [0.1, 0.15) is 5.76 Å². The Hall–Kier alpha value is -1.29. The van der Waals surface area contributed by atoms with Crippen LogP contribution in [0.3, 0.4) is 0 Å². The van der Waals surface area contributed by atoms with Crippen LogP contribution in [0.5, 0.6) is 0 Å². The number of hydrogen-bond donors (Lipinski definition) is 1. The molecule has 2 atom stereocenters. The van der Waals surface area contributed by atoms with Crippen molar-refractivity contribution in [2.75, 3.05) is 6.61 Å². The van der Waals surface area contributed by atoms with Crippen LogP contribution in [0.2, 0.25) is 0 Å². The van der Waals surface area contributed by atoms with Crippen LogP contribution in [0, 0.1) is 5.92 Å². The Morgan fingerprint density at radius 2 is 2.23 bits per heavy atom. The molecule has 0 radical (unpaired) electrons. The highest BCUT2D eigenvalue weighted by Gasteiger charge is 2.27. The smallest absolute Gasteiger partial charge is 0.220 e. The van der Waals surface area contributed by atoms with Crippen molar-refractivity contribution in [3.63, 3.8) is 0 Å². The number of furan rings is 1. The molecule has 1 amide bonds. The molecule has 0 spiro atoms. The van der Waals surface area contributed by atoms with Crippen molar-refractivity contribution in [2.45, 2.75) is 70.9 Å². The number of aryl methyl sites for hydroxylation is 1. The first-order valence-electron chi connectivity index (χ1n) is 8.58. The van der Waals surface area contributed by atoms with E-state index in [0.29, 0.717) is 18.8 Å². The molecule has 1 aliphatic rings. The van der Waals surface area contributed by atoms with Gasteiger partial charge in [0.05, 0.1) is 18.4 Å². The van der Waals surface area contributed by atoms with E-state index < -0.39 is 0 Å². The van der Waals surface area contributed by atoms with E-state index in [1.54, 1.807) is 6.26 Å². The third-order valence-corrected chi connectivity index (χ3v) is 4.25. The molecule has 1 aliphatic carbocycles. The third-order valence-electron chi connectivity index (χ3n) is 4.25. The first-order valence-corrected chi connectivity index (χ1v) is 8.58. The van der Waals surface area contributed by atoms with Crippen molar-refractivity contribution in [1.82, 2.24) is 5.32 Å². The summed E-state index contributed by atoms with van der Waals surface area (Å²) in [5.41, 5.74) is 0. The molecule has 4 nitrogen and oxygen atoms in total. The lowest BCUT2D eigenvalue weighted by atomic mass is 9.92. The van der Waals surface area contributed by atoms with Crippen molar-refractivity contribution < 1.29 is 13.9 Å². The summed E-state index contributed by atoms with van der Waals surface area (Å²) < 4.78 is 11.3. The number of rotatable bonds is 8. The lowest BCUT2D eigenvalue weighted by molar-refractivity contribution is -0.123. The Labute approximate surface area is 133 Å². The van der Waals surface area contributed by atoms with Crippen LogP contribution in [0.15, 0.2) is 22.8 Å². The summed E-state index contributed by atoms with van der Waals surface area (Å²) in [7, 11) is 0. The van der Waals surface area contributed by atoms with Gasteiger partial charge < -0.3 is 14.5 Å². The molecule has 1 heterocycles. The second kappa shape index (κ2) is 8.99. The molecule has 1 aromatic heterocycles. The zero-order valence-corrected chi connectivity index (χ0v) is 13.8. The Morgan fingerprint density at radius 3 is 2.95 bits per heavy atom. The molecular formula is C18H29NO3. The van der Waals surface area contributed by atoms with Gasteiger partial charge in [-0.05, 0) is 37.3 Å². The number of carbonyl (C=O) groups excluding carboxylic acids is 1. The van der Waals surface area contributed by atoms with Crippen LogP contribution in [0.1, 0.15) is 58.1 Å². The van der Waals surface area contributed by atoms with Gasteiger partial charge in [-0.3, -0.25) is 4.79 Å². The fourth-order valence-corrected chi connectivity index (χ4v) is 2.89. The number of nitrogens with one attached hydrogen (secondary N) is 1. The Bertz CT molecular complexity index is 428. The van der Waals surface area contributed by atoms with Crippen molar-refractivity contribution in [3.8, 4) is 0 Å². The number of carbonyl (C=O) groups is 1. The molecule has 0 aliphatic heterocycles. The molecular weight excluding hydrogens is 278 g/mol. The molecule has 0 bridgehead atoms. The van der Waals surface area contributed by atoms with Gasteiger partial charge >= 0.3 is 0 Å². The highest BCUT2D eigenvalue weighted by atomic mass is 16.5. The van der Waals surface area contributed by atoms with E-state index in [1.165, 1.54) is 12.8 Å². The Balaban J connectivity index is 1.73. The number of amides is 1. The zero-order valence-electron chi connectivity index (χ0n) is 13.8. The van der Waals surface area contributed by atoms with Crippen LogP contribution in [-0.2, 0) is 16.0 Å². The zero-order chi connectivity index (χ0) is 15.8. The van der Waals surface area contributed by atoms with Gasteiger partial charge in [0.2, 0.25) is 5.91 Å². The standard InChI is InChI=1S/C18H29NO3/c1-14(2)11-13-22-17-8-4-3-7-16(17)19-18(20)10-9-15-6-5-12-21-15/h5-6,12,14,16-17H,3-4,7-11,13H2,1-2H3,(H,19,20)/t16-,17+/m0/s1. The van der Waals surface area contributed by atoms with E-state index in [2.05, 4.69) is 19.2 Å². The van der Waals surface area contributed by atoms with E-state index in [1.807, 2.05) is 12.1 Å². The molecule has 0 unspecified atom stereocenters. The first-order chi connectivity index (χ1) is 10.6. The summed E-state index contributed by atoms with van der Waals surface area (Å²) in [5.74, 6) is 1.62.